The highest BCUT2D eigenvalue weighted by atomic mass is 16.5. The van der Waals surface area contributed by atoms with Gasteiger partial charge in [0.1, 0.15) is 5.76 Å². The van der Waals surface area contributed by atoms with Crippen molar-refractivity contribution in [1.29, 1.82) is 0 Å². The van der Waals surface area contributed by atoms with Gasteiger partial charge in [0.25, 0.3) is 0 Å². The molecule has 2 aromatic heterocycles. The van der Waals surface area contributed by atoms with Crippen LogP contribution in [0.2, 0.25) is 0 Å². The zero-order valence-electron chi connectivity index (χ0n) is 15.0. The lowest BCUT2D eigenvalue weighted by Crippen LogP contribution is -2.23. The molecule has 0 unspecified atom stereocenters. The zero-order valence-corrected chi connectivity index (χ0v) is 15.0. The SMILES string of the molecule is Cc1cc(-n2c(C)cc(C(=O)COC(=O)C3CCCCC3)c2C)no1. The summed E-state index contributed by atoms with van der Waals surface area (Å²) in [5, 5.41) is 4.01. The van der Waals surface area contributed by atoms with Crippen molar-refractivity contribution in [1.82, 2.24) is 9.72 Å². The number of carbonyl (C=O) groups is 2. The van der Waals surface area contributed by atoms with Crippen molar-refractivity contribution >= 4 is 11.8 Å². The van der Waals surface area contributed by atoms with Gasteiger partial charge in [0.05, 0.1) is 5.92 Å². The second-order valence-electron chi connectivity index (χ2n) is 6.78. The van der Waals surface area contributed by atoms with Crippen LogP contribution in [0.4, 0.5) is 0 Å². The molecule has 2 heterocycles. The van der Waals surface area contributed by atoms with E-state index in [0.717, 1.165) is 37.1 Å². The second kappa shape index (κ2) is 7.25. The van der Waals surface area contributed by atoms with Gasteiger partial charge in [0, 0.05) is 23.0 Å². The Morgan fingerprint density at radius 1 is 1.20 bits per heavy atom. The van der Waals surface area contributed by atoms with Crippen LogP contribution < -0.4 is 0 Å². The Labute approximate surface area is 147 Å². The molecule has 0 bridgehead atoms. The molecule has 134 valence electrons. The summed E-state index contributed by atoms with van der Waals surface area (Å²) in [6.45, 7) is 5.37. The standard InChI is InChI=1S/C19H24N2O4/c1-12-9-16(14(3)21(12)18-10-13(2)25-20-18)17(22)11-24-19(23)15-7-5-4-6-8-15/h9-10,15H,4-8,11H2,1-3H3. The van der Waals surface area contributed by atoms with E-state index in [2.05, 4.69) is 5.16 Å². The first kappa shape index (κ1) is 17.5. The smallest absolute Gasteiger partial charge is 0.309 e. The van der Waals surface area contributed by atoms with Gasteiger partial charge in [-0.3, -0.25) is 14.2 Å². The van der Waals surface area contributed by atoms with Gasteiger partial charge in [-0.15, -0.1) is 0 Å². The van der Waals surface area contributed by atoms with Crippen LogP contribution in [0, 0.1) is 26.7 Å². The number of hydrogen-bond acceptors (Lipinski definition) is 5. The zero-order chi connectivity index (χ0) is 18.0. The molecule has 25 heavy (non-hydrogen) atoms. The Hall–Kier alpha value is -2.37. The minimum absolute atomic E-state index is 0.0490. The van der Waals surface area contributed by atoms with Crippen molar-refractivity contribution in [3.8, 4) is 5.82 Å². The number of carbonyl (C=O) groups excluding carboxylic acids is 2. The lowest BCUT2D eigenvalue weighted by Gasteiger charge is -2.19. The summed E-state index contributed by atoms with van der Waals surface area (Å²) in [5.74, 6) is 0.868. The maximum absolute atomic E-state index is 12.5. The fraction of sp³-hybridized carbons (Fsp3) is 0.526. The van der Waals surface area contributed by atoms with E-state index in [0.29, 0.717) is 17.1 Å². The Bertz CT molecular complexity index is 781. The maximum atomic E-state index is 12.5. The highest BCUT2D eigenvalue weighted by Crippen LogP contribution is 2.25. The van der Waals surface area contributed by atoms with Gasteiger partial charge >= 0.3 is 5.97 Å². The molecule has 6 heteroatoms. The number of rotatable bonds is 5. The molecule has 1 aliphatic rings. The highest BCUT2D eigenvalue weighted by Gasteiger charge is 2.24. The average Bonchev–Trinajstić information content (AvgIpc) is 3.15. The maximum Gasteiger partial charge on any atom is 0.309 e. The molecule has 0 saturated heterocycles. The van der Waals surface area contributed by atoms with Gasteiger partial charge in [0.2, 0.25) is 5.78 Å². The summed E-state index contributed by atoms with van der Waals surface area (Å²) in [6, 6.07) is 3.62. The van der Waals surface area contributed by atoms with E-state index in [9.17, 15) is 9.59 Å². The Morgan fingerprint density at radius 2 is 1.92 bits per heavy atom. The molecule has 1 fully saturated rings. The first-order valence-electron chi connectivity index (χ1n) is 8.80. The third kappa shape index (κ3) is 3.67. The number of nitrogens with zero attached hydrogens (tertiary/aromatic N) is 2. The van der Waals surface area contributed by atoms with Gasteiger partial charge < -0.3 is 9.26 Å². The monoisotopic (exact) mass is 344 g/mol. The third-order valence-electron chi connectivity index (χ3n) is 4.86. The predicted molar refractivity (Wildman–Crippen MR) is 91.9 cm³/mol. The summed E-state index contributed by atoms with van der Waals surface area (Å²) in [7, 11) is 0. The minimum Gasteiger partial charge on any atom is -0.457 e. The van der Waals surface area contributed by atoms with Gasteiger partial charge in [-0.2, -0.15) is 0 Å². The summed E-state index contributed by atoms with van der Waals surface area (Å²) >= 11 is 0. The van der Waals surface area contributed by atoms with Crippen LogP contribution in [0.3, 0.4) is 0 Å². The van der Waals surface area contributed by atoms with E-state index < -0.39 is 0 Å². The first-order chi connectivity index (χ1) is 12.0. The Balaban J connectivity index is 1.69. The van der Waals surface area contributed by atoms with Crippen LogP contribution in [0.25, 0.3) is 5.82 Å². The van der Waals surface area contributed by atoms with Gasteiger partial charge in [-0.25, -0.2) is 0 Å². The number of esters is 1. The number of ether oxygens (including phenoxy) is 1. The van der Waals surface area contributed by atoms with E-state index in [-0.39, 0.29) is 24.3 Å². The topological polar surface area (TPSA) is 74.3 Å². The van der Waals surface area contributed by atoms with Crippen LogP contribution in [-0.4, -0.2) is 28.1 Å². The lowest BCUT2D eigenvalue weighted by atomic mass is 9.89. The summed E-state index contributed by atoms with van der Waals surface area (Å²) in [5.41, 5.74) is 2.20. The first-order valence-corrected chi connectivity index (χ1v) is 8.80. The molecule has 6 nitrogen and oxygen atoms in total. The molecule has 0 amide bonds. The highest BCUT2D eigenvalue weighted by molar-refractivity contribution is 5.99. The molecule has 3 rings (SSSR count). The second-order valence-corrected chi connectivity index (χ2v) is 6.78. The van der Waals surface area contributed by atoms with Crippen LogP contribution in [0.1, 0.15) is 59.6 Å². The average molecular weight is 344 g/mol. The predicted octanol–water partition coefficient (Wildman–Crippen LogP) is 3.70. The quantitative estimate of drug-likeness (QED) is 0.611. The Kier molecular flexibility index (Phi) is 5.06. The number of aryl methyl sites for hydroxylation is 2. The van der Waals surface area contributed by atoms with Crippen LogP contribution in [-0.2, 0) is 9.53 Å². The van der Waals surface area contributed by atoms with Crippen LogP contribution >= 0.6 is 0 Å². The normalized spacial score (nSPS) is 15.3. The molecular weight excluding hydrogens is 320 g/mol. The molecule has 0 aromatic carbocycles. The molecule has 0 atom stereocenters. The van der Waals surface area contributed by atoms with E-state index in [1.165, 1.54) is 6.42 Å². The molecule has 1 aliphatic carbocycles. The molecule has 1 saturated carbocycles. The summed E-state index contributed by atoms with van der Waals surface area (Å²) in [4.78, 5) is 24.6. The summed E-state index contributed by atoms with van der Waals surface area (Å²) < 4.78 is 12.3. The van der Waals surface area contributed by atoms with Crippen LogP contribution in [0.5, 0.6) is 0 Å². The lowest BCUT2D eigenvalue weighted by molar-refractivity contribution is -0.148. The van der Waals surface area contributed by atoms with Gasteiger partial charge in [-0.05, 0) is 39.7 Å². The fourth-order valence-corrected chi connectivity index (χ4v) is 3.53. The van der Waals surface area contributed by atoms with Crippen molar-refractivity contribution in [3.63, 3.8) is 0 Å². The van der Waals surface area contributed by atoms with E-state index in [4.69, 9.17) is 9.26 Å². The third-order valence-corrected chi connectivity index (χ3v) is 4.86. The van der Waals surface area contributed by atoms with Gasteiger partial charge in [-0.1, -0.05) is 24.4 Å². The summed E-state index contributed by atoms with van der Waals surface area (Å²) in [6.07, 6.45) is 5.04. The number of ketones is 1. The van der Waals surface area contributed by atoms with Crippen molar-refractivity contribution in [2.75, 3.05) is 6.61 Å². The Morgan fingerprint density at radius 3 is 2.56 bits per heavy atom. The molecule has 0 N–H and O–H groups in total. The van der Waals surface area contributed by atoms with Gasteiger partial charge in [0.15, 0.2) is 12.4 Å². The largest absolute Gasteiger partial charge is 0.457 e. The van der Waals surface area contributed by atoms with Crippen molar-refractivity contribution in [2.24, 2.45) is 5.92 Å². The number of aromatic nitrogens is 2. The van der Waals surface area contributed by atoms with Crippen molar-refractivity contribution in [3.05, 3.63) is 34.8 Å². The molecule has 0 radical (unpaired) electrons. The fourth-order valence-electron chi connectivity index (χ4n) is 3.53. The van der Waals surface area contributed by atoms with Crippen molar-refractivity contribution in [2.45, 2.75) is 52.9 Å². The van der Waals surface area contributed by atoms with E-state index >= 15 is 0 Å². The molecule has 0 aliphatic heterocycles. The van der Waals surface area contributed by atoms with Crippen LogP contribution in [0.15, 0.2) is 16.7 Å². The minimum atomic E-state index is -0.242. The van der Waals surface area contributed by atoms with E-state index in [1.54, 1.807) is 6.07 Å². The van der Waals surface area contributed by atoms with Crippen molar-refractivity contribution < 1.29 is 18.8 Å². The number of hydrogen-bond donors (Lipinski definition) is 0. The molecule has 2 aromatic rings. The van der Waals surface area contributed by atoms with E-state index in [1.807, 2.05) is 31.4 Å². The molecule has 0 spiro atoms. The molecular formula is C19H24N2O4. The number of Topliss-reactive ketones (excluding diaryl/α,β-unsaturated/α-hetero) is 1.